The Kier molecular flexibility index (Phi) is 6.06. The van der Waals surface area contributed by atoms with Gasteiger partial charge in [0, 0.05) is 41.3 Å². The zero-order chi connectivity index (χ0) is 28.3. The molecule has 206 valence electrons. The van der Waals surface area contributed by atoms with Crippen molar-refractivity contribution in [3.8, 4) is 5.75 Å². The number of rotatable bonds is 7. The predicted molar refractivity (Wildman–Crippen MR) is 139 cm³/mol. The minimum Gasteiger partial charge on any atom is -0.492 e. The highest BCUT2D eigenvalue weighted by atomic mass is 32.2. The summed E-state index contributed by atoms with van der Waals surface area (Å²) in [4.78, 5) is 42.2. The molecule has 0 atom stereocenters. The van der Waals surface area contributed by atoms with Crippen LogP contribution in [0.4, 0.5) is 8.78 Å². The summed E-state index contributed by atoms with van der Waals surface area (Å²) in [6.45, 7) is -0.322. The quantitative estimate of drug-likeness (QED) is 0.416. The number of carbonyl (C=O) groups excluding carboxylic acids is 3. The van der Waals surface area contributed by atoms with Crippen molar-refractivity contribution in [2.75, 3.05) is 6.61 Å². The Labute approximate surface area is 226 Å². The number of pyridine rings is 1. The third-order valence-electron chi connectivity index (χ3n) is 7.16. The average molecular weight is 569 g/mol. The number of nitrogens with zero attached hydrogens (tertiary/aromatic N) is 2. The van der Waals surface area contributed by atoms with Crippen LogP contribution in [0, 0.1) is 11.8 Å². The molecule has 0 saturated heterocycles. The highest BCUT2D eigenvalue weighted by Crippen LogP contribution is 2.44. The van der Waals surface area contributed by atoms with Crippen molar-refractivity contribution in [3.63, 3.8) is 0 Å². The molecule has 2 amide bonds. The molecule has 1 aliphatic heterocycles. The van der Waals surface area contributed by atoms with E-state index in [9.17, 15) is 27.2 Å². The summed E-state index contributed by atoms with van der Waals surface area (Å²) in [7, 11) is -4.05. The molecule has 3 aliphatic rings. The second kappa shape index (κ2) is 9.37. The van der Waals surface area contributed by atoms with E-state index in [1.165, 1.54) is 10.6 Å². The lowest BCUT2D eigenvalue weighted by atomic mass is 9.92. The third kappa shape index (κ3) is 4.26. The Morgan fingerprint density at radius 1 is 1.23 bits per heavy atom. The fourth-order valence-electron chi connectivity index (χ4n) is 5.11. The van der Waals surface area contributed by atoms with Crippen molar-refractivity contribution in [1.82, 2.24) is 14.3 Å². The minimum atomic E-state index is -4.05. The van der Waals surface area contributed by atoms with E-state index in [4.69, 9.17) is 10.5 Å². The molecule has 3 heterocycles. The molecule has 1 fully saturated rings. The molecule has 3 N–H and O–H groups in total. The number of carbonyl (C=O) groups is 3. The zero-order valence-electron chi connectivity index (χ0n) is 20.9. The van der Waals surface area contributed by atoms with Gasteiger partial charge in [0.2, 0.25) is 21.9 Å². The van der Waals surface area contributed by atoms with Crippen molar-refractivity contribution in [2.45, 2.75) is 37.5 Å². The van der Waals surface area contributed by atoms with E-state index < -0.39 is 45.4 Å². The molecule has 2 aliphatic carbocycles. The number of hydrogen-bond acceptors (Lipinski definition) is 7. The van der Waals surface area contributed by atoms with E-state index in [0.29, 0.717) is 12.8 Å². The number of amides is 2. The molecule has 3 aromatic rings. The van der Waals surface area contributed by atoms with Gasteiger partial charge in [0.25, 0.3) is 5.91 Å². The van der Waals surface area contributed by atoms with Crippen LogP contribution in [0.25, 0.3) is 16.5 Å². The Morgan fingerprint density at radius 3 is 2.70 bits per heavy atom. The Balaban J connectivity index is 1.67. The van der Waals surface area contributed by atoms with Gasteiger partial charge in [-0.15, -0.1) is 0 Å². The van der Waals surface area contributed by atoms with Gasteiger partial charge < -0.3 is 15.0 Å². The fourth-order valence-corrected chi connectivity index (χ4v) is 6.39. The Morgan fingerprint density at radius 2 is 2.00 bits per heavy atom. The highest BCUT2D eigenvalue weighted by Gasteiger charge is 2.39. The van der Waals surface area contributed by atoms with E-state index in [-0.39, 0.29) is 75.4 Å². The number of benzene rings is 1. The number of fused-ring (bicyclic) bond motifs is 3. The highest BCUT2D eigenvalue weighted by molar-refractivity contribution is 7.91. The smallest absolute Gasteiger partial charge is 0.282 e. The van der Waals surface area contributed by atoms with E-state index >= 15 is 4.39 Å². The third-order valence-corrected chi connectivity index (χ3v) is 8.98. The predicted octanol–water partition coefficient (Wildman–Crippen LogP) is 2.53. The van der Waals surface area contributed by atoms with Crippen LogP contribution in [0.15, 0.2) is 36.6 Å². The van der Waals surface area contributed by atoms with E-state index in [1.807, 2.05) is 0 Å². The van der Waals surface area contributed by atoms with E-state index in [2.05, 4.69) is 9.71 Å². The van der Waals surface area contributed by atoms with Crippen molar-refractivity contribution in [1.29, 1.82) is 0 Å². The van der Waals surface area contributed by atoms with Crippen LogP contribution < -0.4 is 15.2 Å². The maximum Gasteiger partial charge on any atom is 0.282 e. The van der Waals surface area contributed by atoms with Crippen LogP contribution >= 0.6 is 0 Å². The number of hydrogen-bond donors (Lipinski definition) is 2. The summed E-state index contributed by atoms with van der Waals surface area (Å²) in [5.41, 5.74) is 5.19. The lowest BCUT2D eigenvalue weighted by Crippen LogP contribution is -2.35. The molecule has 2 aromatic heterocycles. The average Bonchev–Trinajstić information content (AvgIpc) is 3.58. The first-order chi connectivity index (χ1) is 19.1. The molecule has 0 unspecified atom stereocenters. The first-order valence-electron chi connectivity index (χ1n) is 12.5. The number of sulfonamides is 1. The van der Waals surface area contributed by atoms with Gasteiger partial charge in [0.1, 0.15) is 17.3 Å². The number of Topliss-reactive ketones (excluding diaryl/α,β-unsaturated/α-hetero) is 1. The van der Waals surface area contributed by atoms with Gasteiger partial charge in [-0.1, -0.05) is 18.2 Å². The number of nitrogens with one attached hydrogen (secondary N) is 1. The Bertz CT molecular complexity index is 1820. The molecule has 0 spiro atoms. The molecule has 0 bridgehead atoms. The monoisotopic (exact) mass is 568 g/mol. The van der Waals surface area contributed by atoms with Crippen LogP contribution in [0.5, 0.6) is 5.75 Å². The summed E-state index contributed by atoms with van der Waals surface area (Å²) in [5, 5.41) is -0.521. The largest absolute Gasteiger partial charge is 0.492 e. The standard InChI is InChI=1S/C27H22F2N4O6S/c28-18-10-19-22(24-16(18)7-8-39-24)21(17-3-1-2-4-20(17)34)23(27(36)32-40(37,38)15-5-6-15)33(19)12-14-9-13(26(30)35)11-31-25(14)29/h1-3,9-11,15H,4-8,12H2,(H2,30,35)(H,32,36). The molecule has 13 heteroatoms. The van der Waals surface area contributed by atoms with Crippen molar-refractivity contribution >= 4 is 44.1 Å². The fraction of sp³-hybridized carbons (Fsp3) is 0.259. The maximum atomic E-state index is 15.3. The molecule has 10 nitrogen and oxygen atoms in total. The zero-order valence-corrected chi connectivity index (χ0v) is 21.7. The first kappa shape index (κ1) is 25.9. The molecule has 40 heavy (non-hydrogen) atoms. The van der Waals surface area contributed by atoms with Gasteiger partial charge in [0.15, 0.2) is 5.78 Å². The molecule has 1 aromatic carbocycles. The number of ketones is 1. The maximum absolute atomic E-state index is 15.3. The Hall–Kier alpha value is -4.39. The number of halogens is 2. The number of allylic oxidation sites excluding steroid dienone is 4. The lowest BCUT2D eigenvalue weighted by molar-refractivity contribution is -0.113. The van der Waals surface area contributed by atoms with Crippen LogP contribution in [-0.2, 0) is 27.8 Å². The number of nitrogens with two attached hydrogens (primary N) is 1. The van der Waals surface area contributed by atoms with Crippen molar-refractivity contribution < 1.29 is 36.3 Å². The van der Waals surface area contributed by atoms with Gasteiger partial charge in [-0.05, 0) is 25.0 Å². The molecular weight excluding hydrogens is 546 g/mol. The van der Waals surface area contributed by atoms with Crippen molar-refractivity contribution in [3.05, 3.63) is 76.3 Å². The topological polar surface area (TPSA) is 150 Å². The first-order valence-corrected chi connectivity index (χ1v) is 14.0. The molecule has 1 saturated carbocycles. The lowest BCUT2D eigenvalue weighted by Gasteiger charge is -2.15. The normalized spacial score (nSPS) is 16.6. The molecular formula is C27H22F2N4O6S. The van der Waals surface area contributed by atoms with Crippen LogP contribution in [0.1, 0.15) is 56.8 Å². The van der Waals surface area contributed by atoms with Crippen molar-refractivity contribution in [2.24, 2.45) is 5.73 Å². The van der Waals surface area contributed by atoms with Gasteiger partial charge in [-0.2, -0.15) is 4.39 Å². The second-order valence-electron chi connectivity index (χ2n) is 9.82. The van der Waals surface area contributed by atoms with Gasteiger partial charge in [0.05, 0.1) is 34.9 Å². The summed E-state index contributed by atoms with van der Waals surface area (Å²) >= 11 is 0. The number of ether oxygens (including phenoxy) is 1. The van der Waals surface area contributed by atoms with Crippen LogP contribution in [0.2, 0.25) is 0 Å². The summed E-state index contributed by atoms with van der Waals surface area (Å²) in [5.74, 6) is -3.82. The van der Waals surface area contributed by atoms with Crippen LogP contribution in [-0.4, -0.2) is 47.4 Å². The van der Waals surface area contributed by atoms with Gasteiger partial charge in [-0.3, -0.25) is 14.4 Å². The molecule has 0 radical (unpaired) electrons. The number of aromatic nitrogens is 2. The van der Waals surface area contributed by atoms with E-state index in [1.54, 1.807) is 12.2 Å². The second-order valence-corrected chi connectivity index (χ2v) is 11.8. The SMILES string of the molecule is NC(=O)c1cnc(F)c(Cn2c(C(=O)NS(=O)(=O)C3CC3)c(C3=CC=CCC3=O)c3c4c(c(F)cc32)CCO4)c1. The minimum absolute atomic E-state index is 0.0172. The summed E-state index contributed by atoms with van der Waals surface area (Å²) in [6.07, 6.45) is 6.71. The number of primary amides is 1. The van der Waals surface area contributed by atoms with Gasteiger partial charge >= 0.3 is 0 Å². The van der Waals surface area contributed by atoms with Gasteiger partial charge in [-0.25, -0.2) is 22.5 Å². The van der Waals surface area contributed by atoms with E-state index in [0.717, 1.165) is 18.3 Å². The summed E-state index contributed by atoms with van der Waals surface area (Å²) < 4.78 is 64.9. The van der Waals surface area contributed by atoms with Crippen LogP contribution in [0.3, 0.4) is 0 Å². The summed E-state index contributed by atoms with van der Waals surface area (Å²) in [6, 6.07) is 2.29. The molecule has 6 rings (SSSR count).